The minimum Gasteiger partial charge on any atom is -0.460 e. The highest BCUT2D eigenvalue weighted by Crippen LogP contribution is 2.60. The summed E-state index contributed by atoms with van der Waals surface area (Å²) in [4.78, 5) is 11.7. The van der Waals surface area contributed by atoms with Gasteiger partial charge in [-0.15, -0.1) is 4.13 Å². The summed E-state index contributed by atoms with van der Waals surface area (Å²) in [6, 6.07) is 0. The molecule has 4 saturated carbocycles. The summed E-state index contributed by atoms with van der Waals surface area (Å²) < 4.78 is 78.1. The van der Waals surface area contributed by atoms with Crippen LogP contribution in [-0.2, 0) is 29.6 Å². The van der Waals surface area contributed by atoms with Crippen LogP contribution in [0.15, 0.2) is 0 Å². The second-order valence-corrected chi connectivity index (χ2v) is 11.6. The number of rotatable bonds is 6. The van der Waals surface area contributed by atoms with E-state index in [0.717, 1.165) is 42.7 Å². The first kappa shape index (κ1) is 19.0. The van der Waals surface area contributed by atoms with Crippen LogP contribution in [0.5, 0.6) is 0 Å². The molecule has 4 aliphatic carbocycles. The summed E-state index contributed by atoms with van der Waals surface area (Å²) in [6.07, 6.45) is 6.16. The van der Waals surface area contributed by atoms with Gasteiger partial charge < -0.3 is 4.74 Å². The highest BCUT2D eigenvalue weighted by Gasteiger charge is 2.57. The second-order valence-electron chi connectivity index (χ2n) is 7.87. The number of ether oxygens (including phenoxy) is 1. The molecule has 0 radical (unpaired) electrons. The van der Waals surface area contributed by atoms with Crippen molar-refractivity contribution in [3.05, 3.63) is 0 Å². The van der Waals surface area contributed by atoms with Gasteiger partial charge in [0.15, 0.2) is 0 Å². The lowest BCUT2D eigenvalue weighted by atomic mass is 9.50. The molecule has 0 atom stereocenters. The molecule has 0 saturated heterocycles. The number of sulfonamides is 2. The SMILES string of the molecule is CS(=O)(=O)NS(=O)(=O)C(F)(F)C(=O)OCC12CC3CC(CC(C3)C1)C2. The Bertz CT molecular complexity index is 742. The summed E-state index contributed by atoms with van der Waals surface area (Å²) in [7, 11) is -10.2. The van der Waals surface area contributed by atoms with Gasteiger partial charge in [-0.05, 0) is 56.3 Å². The third-order valence-corrected chi connectivity index (χ3v) is 8.44. The molecule has 4 rings (SSSR count). The van der Waals surface area contributed by atoms with Gasteiger partial charge in [-0.1, -0.05) is 0 Å². The zero-order valence-corrected chi connectivity index (χ0v) is 15.3. The second kappa shape index (κ2) is 5.85. The quantitative estimate of drug-likeness (QED) is 0.671. The first-order valence-corrected chi connectivity index (χ1v) is 11.5. The molecule has 0 unspecified atom stereocenters. The number of carbonyl (C=O) groups excluding carboxylic acids is 1. The van der Waals surface area contributed by atoms with Crippen molar-refractivity contribution in [1.82, 2.24) is 4.13 Å². The molecule has 0 heterocycles. The van der Waals surface area contributed by atoms with Gasteiger partial charge in [-0.2, -0.15) is 8.78 Å². The van der Waals surface area contributed by atoms with Crippen LogP contribution in [0.2, 0.25) is 0 Å². The normalized spacial score (nSPS) is 34.9. The molecule has 25 heavy (non-hydrogen) atoms. The Morgan fingerprint density at radius 3 is 1.92 bits per heavy atom. The van der Waals surface area contributed by atoms with E-state index in [1.807, 2.05) is 0 Å². The standard InChI is InChI=1S/C14H21F2NO6S2/c1-24(19,20)17-25(21,22)14(15,16)12(18)23-8-13-5-9-2-10(6-13)4-11(3-9)7-13/h9-11,17H,2-8H2,1H3. The van der Waals surface area contributed by atoms with Crippen LogP contribution in [0.1, 0.15) is 38.5 Å². The monoisotopic (exact) mass is 401 g/mol. The van der Waals surface area contributed by atoms with E-state index < -0.39 is 31.3 Å². The third-order valence-electron chi connectivity index (χ3n) is 5.51. The van der Waals surface area contributed by atoms with Crippen molar-refractivity contribution in [1.29, 1.82) is 0 Å². The molecular weight excluding hydrogens is 380 g/mol. The molecule has 4 bridgehead atoms. The van der Waals surface area contributed by atoms with Crippen molar-refractivity contribution in [2.75, 3.05) is 12.9 Å². The molecule has 0 aromatic heterocycles. The van der Waals surface area contributed by atoms with E-state index in [0.29, 0.717) is 24.0 Å². The molecule has 1 N–H and O–H groups in total. The van der Waals surface area contributed by atoms with Gasteiger partial charge in [0.2, 0.25) is 10.0 Å². The fourth-order valence-electron chi connectivity index (χ4n) is 5.13. The lowest BCUT2D eigenvalue weighted by Gasteiger charge is -2.56. The van der Waals surface area contributed by atoms with Crippen molar-refractivity contribution in [3.63, 3.8) is 0 Å². The Labute approximate surface area is 145 Å². The van der Waals surface area contributed by atoms with E-state index in [1.54, 1.807) is 0 Å². The van der Waals surface area contributed by atoms with Gasteiger partial charge in [0, 0.05) is 5.41 Å². The molecule has 4 fully saturated rings. The average Bonchev–Trinajstić information content (AvgIpc) is 2.40. The number of esters is 1. The Morgan fingerprint density at radius 2 is 1.52 bits per heavy atom. The van der Waals surface area contributed by atoms with Gasteiger partial charge in [0.1, 0.15) is 0 Å². The van der Waals surface area contributed by atoms with Crippen LogP contribution in [0, 0.1) is 23.2 Å². The molecule has 4 aliphatic rings. The van der Waals surface area contributed by atoms with Gasteiger partial charge in [-0.3, -0.25) is 0 Å². The van der Waals surface area contributed by atoms with E-state index in [1.165, 1.54) is 0 Å². The number of halogens is 2. The van der Waals surface area contributed by atoms with E-state index in [9.17, 15) is 30.4 Å². The summed E-state index contributed by atoms with van der Waals surface area (Å²) in [5.74, 6) is -0.692. The number of alkyl halides is 2. The Morgan fingerprint density at radius 1 is 1.08 bits per heavy atom. The first-order chi connectivity index (χ1) is 11.3. The Kier molecular flexibility index (Phi) is 4.44. The molecule has 0 aliphatic heterocycles. The maximum absolute atomic E-state index is 13.9. The van der Waals surface area contributed by atoms with Crippen molar-refractivity contribution in [2.45, 2.75) is 43.8 Å². The van der Waals surface area contributed by atoms with Crippen LogP contribution in [0.4, 0.5) is 8.78 Å². The lowest BCUT2D eigenvalue weighted by molar-refractivity contribution is -0.171. The van der Waals surface area contributed by atoms with E-state index in [2.05, 4.69) is 4.74 Å². The number of carbonyl (C=O) groups is 1. The average molecular weight is 401 g/mol. The maximum Gasteiger partial charge on any atom is 0.455 e. The Balaban J connectivity index is 1.68. The minimum atomic E-state index is -5.74. The van der Waals surface area contributed by atoms with Gasteiger partial charge in [-0.25, -0.2) is 21.6 Å². The first-order valence-electron chi connectivity index (χ1n) is 8.10. The lowest BCUT2D eigenvalue weighted by Crippen LogP contribution is -2.51. The van der Waals surface area contributed by atoms with Crippen LogP contribution >= 0.6 is 0 Å². The van der Waals surface area contributed by atoms with Crippen LogP contribution < -0.4 is 4.13 Å². The van der Waals surface area contributed by atoms with E-state index in [-0.39, 0.29) is 12.0 Å². The molecule has 0 aromatic carbocycles. The van der Waals surface area contributed by atoms with Crippen molar-refractivity contribution in [2.24, 2.45) is 23.2 Å². The fourth-order valence-corrected chi connectivity index (χ4v) is 7.42. The topological polar surface area (TPSA) is 107 Å². The minimum absolute atomic E-state index is 0.251. The summed E-state index contributed by atoms with van der Waals surface area (Å²) in [6.45, 7) is -0.251. The fraction of sp³-hybridized carbons (Fsp3) is 0.929. The molecule has 144 valence electrons. The molecule has 11 heteroatoms. The highest BCUT2D eigenvalue weighted by molar-refractivity contribution is 8.05. The number of hydrogen-bond donors (Lipinski definition) is 1. The number of nitrogens with one attached hydrogen (secondary N) is 1. The Hall–Kier alpha value is -0.810. The van der Waals surface area contributed by atoms with Crippen LogP contribution in [0.3, 0.4) is 0 Å². The van der Waals surface area contributed by atoms with Crippen molar-refractivity contribution in [3.8, 4) is 0 Å². The third kappa shape index (κ3) is 3.68. The predicted molar refractivity (Wildman–Crippen MR) is 83.4 cm³/mol. The molecule has 0 aromatic rings. The van der Waals surface area contributed by atoms with Gasteiger partial charge in [0.25, 0.3) is 0 Å². The van der Waals surface area contributed by atoms with E-state index >= 15 is 0 Å². The van der Waals surface area contributed by atoms with Crippen LogP contribution in [0.25, 0.3) is 0 Å². The van der Waals surface area contributed by atoms with Crippen molar-refractivity contribution >= 4 is 26.0 Å². The van der Waals surface area contributed by atoms with Gasteiger partial charge >= 0.3 is 21.2 Å². The van der Waals surface area contributed by atoms with Crippen LogP contribution in [-0.4, -0.2) is 40.9 Å². The molecule has 0 spiro atoms. The van der Waals surface area contributed by atoms with E-state index in [4.69, 9.17) is 0 Å². The molecular formula is C14H21F2NO6S2. The smallest absolute Gasteiger partial charge is 0.455 e. The van der Waals surface area contributed by atoms with Crippen molar-refractivity contribution < 1.29 is 35.1 Å². The predicted octanol–water partition coefficient (Wildman–Crippen LogP) is 1.22. The number of hydrogen-bond acceptors (Lipinski definition) is 6. The summed E-state index contributed by atoms with van der Waals surface area (Å²) in [5, 5.41) is -4.97. The summed E-state index contributed by atoms with van der Waals surface area (Å²) >= 11 is 0. The highest BCUT2D eigenvalue weighted by atomic mass is 32.3. The molecule has 7 nitrogen and oxygen atoms in total. The largest absolute Gasteiger partial charge is 0.460 e. The molecule has 0 amide bonds. The van der Waals surface area contributed by atoms with Gasteiger partial charge in [0.05, 0.1) is 12.9 Å². The summed E-state index contributed by atoms with van der Waals surface area (Å²) in [5.41, 5.74) is -0.353. The zero-order chi connectivity index (χ0) is 18.7. The zero-order valence-electron chi connectivity index (χ0n) is 13.7. The maximum atomic E-state index is 13.9.